The molecule has 0 bridgehead atoms. The van der Waals surface area contributed by atoms with E-state index in [1.165, 1.54) is 36.6 Å². The Kier molecular flexibility index (Phi) is 8.80. The number of rotatable bonds is 11. The molecule has 0 aliphatic heterocycles. The smallest absolute Gasteiger partial charge is 0.306 e. The van der Waals surface area contributed by atoms with E-state index in [2.05, 4.69) is 6.58 Å². The first-order valence-electron chi connectivity index (χ1n) is 10.9. The molecule has 0 fully saturated rings. The number of aliphatic hydroxyl groups is 1. The topological polar surface area (TPSA) is 116 Å². The molecule has 3 aromatic carbocycles. The first kappa shape index (κ1) is 27.6. The van der Waals surface area contributed by atoms with Crippen molar-refractivity contribution in [2.75, 3.05) is 12.5 Å². The minimum atomic E-state index is -3.89. The molecule has 3 aromatic rings. The minimum absolute atomic E-state index is 0.0145. The second-order valence-electron chi connectivity index (χ2n) is 7.95. The average molecular weight is 543 g/mol. The lowest BCUT2D eigenvalue weighted by molar-refractivity contribution is 0.220. The lowest BCUT2D eigenvalue weighted by atomic mass is 9.98. The van der Waals surface area contributed by atoms with Crippen LogP contribution in [-0.2, 0) is 31.6 Å². The third-order valence-electron chi connectivity index (χ3n) is 4.79. The predicted octanol–water partition coefficient (Wildman–Crippen LogP) is 5.22. The van der Waals surface area contributed by atoms with Crippen LogP contribution in [0.2, 0.25) is 0 Å². The van der Waals surface area contributed by atoms with E-state index in [9.17, 15) is 21.9 Å². The van der Waals surface area contributed by atoms with Gasteiger partial charge < -0.3 is 18.2 Å². The highest BCUT2D eigenvalue weighted by Gasteiger charge is 2.15. The van der Waals surface area contributed by atoms with Crippen LogP contribution in [0.25, 0.3) is 16.7 Å². The van der Waals surface area contributed by atoms with Gasteiger partial charge >= 0.3 is 20.2 Å². The van der Waals surface area contributed by atoms with Crippen LogP contribution in [-0.4, -0.2) is 34.5 Å². The Morgan fingerprint density at radius 3 is 2.08 bits per heavy atom. The van der Waals surface area contributed by atoms with Crippen molar-refractivity contribution >= 4 is 25.8 Å². The lowest BCUT2D eigenvalue weighted by Gasteiger charge is -2.13. The zero-order valence-corrected chi connectivity index (χ0v) is 21.8. The molecule has 1 N–H and O–H groups in total. The molecule has 194 valence electrons. The number of hydrogen-bond donors (Lipinski definition) is 1. The van der Waals surface area contributed by atoms with Crippen molar-refractivity contribution in [3.05, 3.63) is 115 Å². The molecular formula is C27H26O8S2. The molecule has 10 heteroatoms. The lowest BCUT2D eigenvalue weighted by Crippen LogP contribution is -2.07. The molecule has 0 aromatic heterocycles. The van der Waals surface area contributed by atoms with E-state index < -0.39 is 20.2 Å². The third-order valence-corrected chi connectivity index (χ3v) is 5.77. The van der Waals surface area contributed by atoms with Gasteiger partial charge in [-0.2, -0.15) is 16.8 Å². The van der Waals surface area contributed by atoms with Gasteiger partial charge in [-0.05, 0) is 52.6 Å². The highest BCUT2D eigenvalue weighted by molar-refractivity contribution is 7.86. The maximum absolute atomic E-state index is 12.0. The maximum atomic E-state index is 12.0. The number of allylic oxidation sites excluding steroid dienone is 3. The molecule has 0 saturated heterocycles. The summed E-state index contributed by atoms with van der Waals surface area (Å²) in [4.78, 5) is 0. The summed E-state index contributed by atoms with van der Waals surface area (Å²) in [7, 11) is -7.56. The van der Waals surface area contributed by atoms with Crippen LogP contribution in [0.3, 0.4) is 0 Å². The van der Waals surface area contributed by atoms with Crippen LogP contribution >= 0.6 is 0 Å². The molecule has 0 spiro atoms. The Balaban J connectivity index is 1.91. The average Bonchev–Trinajstić information content (AvgIpc) is 2.82. The highest BCUT2D eigenvalue weighted by Crippen LogP contribution is 2.34. The van der Waals surface area contributed by atoms with Gasteiger partial charge in [0.25, 0.3) is 0 Å². The van der Waals surface area contributed by atoms with Crippen molar-refractivity contribution in [2.24, 2.45) is 0 Å². The monoisotopic (exact) mass is 542 g/mol. The molecule has 0 unspecified atom stereocenters. The normalized spacial score (nSPS) is 12.6. The van der Waals surface area contributed by atoms with Crippen LogP contribution < -0.4 is 8.37 Å². The molecule has 0 amide bonds. The van der Waals surface area contributed by atoms with Gasteiger partial charge in [-0.3, -0.25) is 0 Å². The summed E-state index contributed by atoms with van der Waals surface area (Å²) in [5, 5.41) is 10.4. The van der Waals surface area contributed by atoms with E-state index in [1.54, 1.807) is 24.3 Å². The first-order chi connectivity index (χ1) is 17.4. The SMILES string of the molecule is C=C/C(=C\C(O)=C\OCc1ccccc1)c1ccc(-c2ccc(OS(C)(=O)=O)cc2)cc1OS(C)(=O)=O. The van der Waals surface area contributed by atoms with Gasteiger partial charge in [0.15, 0.2) is 11.5 Å². The molecule has 0 aliphatic rings. The Morgan fingerprint density at radius 2 is 1.49 bits per heavy atom. The second kappa shape index (κ2) is 11.8. The zero-order valence-electron chi connectivity index (χ0n) is 20.2. The summed E-state index contributed by atoms with van der Waals surface area (Å²) in [5.41, 5.74) is 2.94. The van der Waals surface area contributed by atoms with E-state index in [0.717, 1.165) is 18.1 Å². The van der Waals surface area contributed by atoms with E-state index in [4.69, 9.17) is 13.1 Å². The molecule has 0 atom stereocenters. The van der Waals surface area contributed by atoms with Crippen LogP contribution in [0, 0.1) is 0 Å². The van der Waals surface area contributed by atoms with E-state index in [0.29, 0.717) is 22.3 Å². The van der Waals surface area contributed by atoms with Gasteiger partial charge in [-0.1, -0.05) is 61.2 Å². The summed E-state index contributed by atoms with van der Waals surface area (Å²) in [6.45, 7) is 4.02. The minimum Gasteiger partial charge on any atom is -0.505 e. The Morgan fingerprint density at radius 1 is 0.865 bits per heavy atom. The van der Waals surface area contributed by atoms with Crippen LogP contribution in [0.5, 0.6) is 11.5 Å². The fraction of sp³-hybridized carbons (Fsp3) is 0.111. The van der Waals surface area contributed by atoms with Crippen molar-refractivity contribution in [3.63, 3.8) is 0 Å². The molecule has 3 rings (SSSR count). The van der Waals surface area contributed by atoms with Gasteiger partial charge in [-0.25, -0.2) is 0 Å². The van der Waals surface area contributed by atoms with Crippen molar-refractivity contribution in [2.45, 2.75) is 6.61 Å². The molecule has 0 aliphatic carbocycles. The molecular weight excluding hydrogens is 516 g/mol. The van der Waals surface area contributed by atoms with Gasteiger partial charge in [-0.15, -0.1) is 0 Å². The Hall–Kier alpha value is -4.02. The van der Waals surface area contributed by atoms with E-state index in [1.807, 2.05) is 30.3 Å². The largest absolute Gasteiger partial charge is 0.505 e. The summed E-state index contributed by atoms with van der Waals surface area (Å²) < 4.78 is 62.1. The van der Waals surface area contributed by atoms with Gasteiger partial charge in [0.05, 0.1) is 12.5 Å². The summed E-state index contributed by atoms with van der Waals surface area (Å²) in [6.07, 6.45) is 5.87. The molecule has 0 radical (unpaired) electrons. The van der Waals surface area contributed by atoms with Crippen LogP contribution in [0.15, 0.2) is 104 Å². The highest BCUT2D eigenvalue weighted by atomic mass is 32.2. The molecule has 37 heavy (non-hydrogen) atoms. The Bertz CT molecular complexity index is 1520. The van der Waals surface area contributed by atoms with Crippen molar-refractivity contribution in [1.82, 2.24) is 0 Å². The number of hydrogen-bond acceptors (Lipinski definition) is 8. The van der Waals surface area contributed by atoms with Gasteiger partial charge in [0.2, 0.25) is 0 Å². The van der Waals surface area contributed by atoms with Crippen molar-refractivity contribution in [3.8, 4) is 22.6 Å². The van der Waals surface area contributed by atoms with Crippen molar-refractivity contribution in [1.29, 1.82) is 0 Å². The first-order valence-corrected chi connectivity index (χ1v) is 14.5. The maximum Gasteiger partial charge on any atom is 0.306 e. The third kappa shape index (κ3) is 8.85. The molecule has 8 nitrogen and oxygen atoms in total. The predicted molar refractivity (Wildman–Crippen MR) is 143 cm³/mol. The number of aliphatic hydroxyl groups excluding tert-OH is 1. The zero-order chi connectivity index (χ0) is 27.1. The summed E-state index contributed by atoms with van der Waals surface area (Å²) in [5.74, 6) is -0.0496. The molecule has 0 saturated carbocycles. The fourth-order valence-electron chi connectivity index (χ4n) is 3.29. The molecule has 0 heterocycles. The van der Waals surface area contributed by atoms with Crippen LogP contribution in [0.4, 0.5) is 0 Å². The van der Waals surface area contributed by atoms with Crippen molar-refractivity contribution < 1.29 is 35.0 Å². The quantitative estimate of drug-likeness (QED) is 0.199. The van der Waals surface area contributed by atoms with E-state index >= 15 is 0 Å². The Labute approximate surface area is 217 Å². The second-order valence-corrected chi connectivity index (χ2v) is 11.1. The number of ether oxygens (including phenoxy) is 1. The standard InChI is InChI=1S/C27H26O8S2/c1-4-21(16-24(28)19-33-18-20-8-6-5-7-9-20)26-15-12-23(17-27(26)35-37(3,31)32)22-10-13-25(14-11-22)34-36(2,29)30/h4-17,19,28H,1,18H2,2-3H3/b21-16+,24-19-. The summed E-state index contributed by atoms with van der Waals surface area (Å²) >= 11 is 0. The van der Waals surface area contributed by atoms with Gasteiger partial charge in [0.1, 0.15) is 18.6 Å². The fourth-order valence-corrected chi connectivity index (χ4v) is 4.21. The van der Waals surface area contributed by atoms with Crippen LogP contribution in [0.1, 0.15) is 11.1 Å². The van der Waals surface area contributed by atoms with Gasteiger partial charge in [0, 0.05) is 5.56 Å². The number of benzene rings is 3. The summed E-state index contributed by atoms with van der Waals surface area (Å²) in [6, 6.07) is 20.5. The van der Waals surface area contributed by atoms with E-state index in [-0.39, 0.29) is 23.9 Å².